The average molecular weight is 349 g/mol. The molecule has 0 radical (unpaired) electrons. The van der Waals surface area contributed by atoms with Gasteiger partial charge in [-0.25, -0.2) is 4.39 Å². The number of benzene rings is 1. The second-order valence-electron chi connectivity index (χ2n) is 6.12. The van der Waals surface area contributed by atoms with Gasteiger partial charge in [-0.2, -0.15) is 0 Å². The van der Waals surface area contributed by atoms with Gasteiger partial charge in [0.15, 0.2) is 0 Å². The van der Waals surface area contributed by atoms with E-state index in [9.17, 15) is 14.3 Å². The Hall–Kier alpha value is -1.98. The Morgan fingerprint density at radius 3 is 2.67 bits per heavy atom. The highest BCUT2D eigenvalue weighted by Gasteiger charge is 2.35. The van der Waals surface area contributed by atoms with E-state index in [1.54, 1.807) is 12.4 Å². The molecule has 0 bridgehead atoms. The summed E-state index contributed by atoms with van der Waals surface area (Å²) >= 11 is 5.97. The Morgan fingerprint density at radius 1 is 1.33 bits per heavy atom. The quantitative estimate of drug-likeness (QED) is 0.873. The molecule has 1 aliphatic carbocycles. The first-order chi connectivity index (χ1) is 11.5. The van der Waals surface area contributed by atoms with Gasteiger partial charge in [-0.05, 0) is 55.0 Å². The zero-order valence-electron chi connectivity index (χ0n) is 13.0. The molecule has 4 nitrogen and oxygen atoms in total. The topological polar surface area (TPSA) is 62.2 Å². The van der Waals surface area contributed by atoms with E-state index in [0.29, 0.717) is 19.3 Å². The zero-order valence-corrected chi connectivity index (χ0v) is 13.7. The fraction of sp³-hybridized carbons (Fsp3) is 0.333. The van der Waals surface area contributed by atoms with Crippen molar-refractivity contribution in [2.75, 3.05) is 0 Å². The molecule has 126 valence electrons. The SMILES string of the molecule is O=C(NC(Cc1ccncc1)C1CC(O)C1)c1c(F)cccc1Cl. The number of carbonyl (C=O) groups is 1. The molecule has 1 fully saturated rings. The van der Waals surface area contributed by atoms with Crippen molar-refractivity contribution in [3.63, 3.8) is 0 Å². The number of nitrogens with one attached hydrogen (secondary N) is 1. The number of halogens is 2. The van der Waals surface area contributed by atoms with E-state index in [4.69, 9.17) is 11.6 Å². The number of aliphatic hydroxyl groups is 1. The lowest BCUT2D eigenvalue weighted by Crippen LogP contribution is -2.48. The van der Waals surface area contributed by atoms with Crippen LogP contribution >= 0.6 is 11.6 Å². The summed E-state index contributed by atoms with van der Waals surface area (Å²) in [5.41, 5.74) is 0.884. The van der Waals surface area contributed by atoms with Gasteiger partial charge >= 0.3 is 0 Å². The normalized spacial score (nSPS) is 21.0. The molecule has 1 aliphatic rings. The number of carbonyl (C=O) groups excluding carboxylic acids is 1. The molecule has 2 aromatic rings. The molecule has 6 heteroatoms. The summed E-state index contributed by atoms with van der Waals surface area (Å²) in [7, 11) is 0. The number of nitrogens with zero attached hydrogens (tertiary/aromatic N) is 1. The third-order valence-corrected chi connectivity index (χ3v) is 4.74. The summed E-state index contributed by atoms with van der Waals surface area (Å²) in [5.74, 6) is -1.02. The third kappa shape index (κ3) is 3.74. The van der Waals surface area contributed by atoms with Crippen molar-refractivity contribution in [1.82, 2.24) is 10.3 Å². The van der Waals surface area contributed by atoms with E-state index < -0.39 is 11.7 Å². The highest BCUT2D eigenvalue weighted by atomic mass is 35.5. The number of amides is 1. The third-order valence-electron chi connectivity index (χ3n) is 4.43. The van der Waals surface area contributed by atoms with Gasteiger partial charge in [0, 0.05) is 18.4 Å². The van der Waals surface area contributed by atoms with Crippen molar-refractivity contribution >= 4 is 17.5 Å². The van der Waals surface area contributed by atoms with E-state index >= 15 is 0 Å². The smallest absolute Gasteiger partial charge is 0.256 e. The Labute approximate surface area is 144 Å². The number of hydrogen-bond acceptors (Lipinski definition) is 3. The maximum absolute atomic E-state index is 13.9. The van der Waals surface area contributed by atoms with Crippen LogP contribution in [0.1, 0.15) is 28.8 Å². The van der Waals surface area contributed by atoms with Crippen LogP contribution in [0.15, 0.2) is 42.7 Å². The molecule has 1 unspecified atom stereocenters. The summed E-state index contributed by atoms with van der Waals surface area (Å²) in [6, 6.07) is 7.73. The minimum absolute atomic E-state index is 0.0869. The lowest BCUT2D eigenvalue weighted by Gasteiger charge is -2.38. The minimum Gasteiger partial charge on any atom is -0.393 e. The van der Waals surface area contributed by atoms with Gasteiger partial charge < -0.3 is 10.4 Å². The predicted octanol–water partition coefficient (Wildman–Crippen LogP) is 2.99. The van der Waals surface area contributed by atoms with Crippen molar-refractivity contribution in [3.05, 3.63) is 64.7 Å². The van der Waals surface area contributed by atoms with E-state index in [0.717, 1.165) is 5.56 Å². The average Bonchev–Trinajstić information content (AvgIpc) is 2.52. The van der Waals surface area contributed by atoms with Gasteiger partial charge in [0.1, 0.15) is 5.82 Å². The first-order valence-corrected chi connectivity index (χ1v) is 8.24. The first kappa shape index (κ1) is 16.9. The predicted molar refractivity (Wildman–Crippen MR) is 89.3 cm³/mol. The monoisotopic (exact) mass is 348 g/mol. The number of aromatic nitrogens is 1. The number of rotatable bonds is 5. The van der Waals surface area contributed by atoms with E-state index in [2.05, 4.69) is 10.3 Å². The number of aliphatic hydroxyl groups excluding tert-OH is 1. The van der Waals surface area contributed by atoms with Crippen molar-refractivity contribution in [3.8, 4) is 0 Å². The Bertz CT molecular complexity index is 700. The molecule has 1 heterocycles. The fourth-order valence-electron chi connectivity index (χ4n) is 3.02. The van der Waals surface area contributed by atoms with Crippen molar-refractivity contribution in [1.29, 1.82) is 0 Å². The summed E-state index contributed by atoms with van der Waals surface area (Å²) in [6.45, 7) is 0. The Kier molecular flexibility index (Phi) is 5.11. The summed E-state index contributed by atoms with van der Waals surface area (Å²) in [5, 5.41) is 12.5. The van der Waals surface area contributed by atoms with Gasteiger partial charge in [-0.15, -0.1) is 0 Å². The van der Waals surface area contributed by atoms with Crippen LogP contribution in [0.3, 0.4) is 0 Å². The van der Waals surface area contributed by atoms with Crippen LogP contribution in [0.5, 0.6) is 0 Å². The van der Waals surface area contributed by atoms with Gasteiger partial charge in [-0.1, -0.05) is 17.7 Å². The largest absolute Gasteiger partial charge is 0.393 e. The summed E-state index contributed by atoms with van der Waals surface area (Å²) in [6.07, 6.45) is 4.90. The summed E-state index contributed by atoms with van der Waals surface area (Å²) in [4.78, 5) is 16.5. The molecule has 1 saturated carbocycles. The first-order valence-electron chi connectivity index (χ1n) is 7.86. The van der Waals surface area contributed by atoms with Crippen LogP contribution in [-0.4, -0.2) is 28.1 Å². The van der Waals surface area contributed by atoms with Crippen LogP contribution in [0.2, 0.25) is 5.02 Å². The lowest BCUT2D eigenvalue weighted by molar-refractivity contribution is 0.0239. The molecular weight excluding hydrogens is 331 g/mol. The molecule has 1 amide bonds. The molecule has 0 saturated heterocycles. The number of pyridine rings is 1. The highest BCUT2D eigenvalue weighted by molar-refractivity contribution is 6.33. The Morgan fingerprint density at radius 2 is 2.04 bits per heavy atom. The van der Waals surface area contributed by atoms with Crippen LogP contribution in [0.4, 0.5) is 4.39 Å². The van der Waals surface area contributed by atoms with Crippen LogP contribution in [0, 0.1) is 11.7 Å². The van der Waals surface area contributed by atoms with Crippen LogP contribution in [0.25, 0.3) is 0 Å². The van der Waals surface area contributed by atoms with Gasteiger partial charge in [0.05, 0.1) is 16.7 Å². The van der Waals surface area contributed by atoms with E-state index in [1.807, 2.05) is 12.1 Å². The molecule has 1 aromatic heterocycles. The van der Waals surface area contributed by atoms with Gasteiger partial charge in [0.25, 0.3) is 5.91 Å². The van der Waals surface area contributed by atoms with Crippen LogP contribution < -0.4 is 5.32 Å². The second kappa shape index (κ2) is 7.28. The molecular formula is C18H18ClFN2O2. The Balaban J connectivity index is 1.77. The maximum atomic E-state index is 13.9. The van der Waals surface area contributed by atoms with Gasteiger partial charge in [0.2, 0.25) is 0 Å². The fourth-order valence-corrected chi connectivity index (χ4v) is 3.27. The molecule has 0 spiro atoms. The molecule has 1 aromatic carbocycles. The second-order valence-corrected chi connectivity index (χ2v) is 6.53. The maximum Gasteiger partial charge on any atom is 0.256 e. The standard InChI is InChI=1S/C18H18ClFN2O2/c19-14-2-1-3-15(20)17(14)18(24)22-16(12-9-13(23)10-12)8-11-4-6-21-7-5-11/h1-7,12-13,16,23H,8-10H2,(H,22,24). The summed E-state index contributed by atoms with van der Waals surface area (Å²) < 4.78 is 13.9. The van der Waals surface area contributed by atoms with Crippen molar-refractivity contribution < 1.29 is 14.3 Å². The molecule has 24 heavy (non-hydrogen) atoms. The van der Waals surface area contributed by atoms with Gasteiger partial charge in [-0.3, -0.25) is 9.78 Å². The zero-order chi connectivity index (χ0) is 17.1. The van der Waals surface area contributed by atoms with E-state index in [-0.39, 0.29) is 28.6 Å². The van der Waals surface area contributed by atoms with Crippen molar-refractivity contribution in [2.45, 2.75) is 31.4 Å². The van der Waals surface area contributed by atoms with Crippen molar-refractivity contribution in [2.24, 2.45) is 5.92 Å². The molecule has 2 N–H and O–H groups in total. The lowest BCUT2D eigenvalue weighted by atomic mass is 9.75. The minimum atomic E-state index is -0.642. The van der Waals surface area contributed by atoms with E-state index in [1.165, 1.54) is 18.2 Å². The highest BCUT2D eigenvalue weighted by Crippen LogP contribution is 2.32. The number of hydrogen-bond donors (Lipinski definition) is 2. The molecule has 1 atom stereocenters. The molecule has 0 aliphatic heterocycles. The molecule has 3 rings (SSSR count). The van der Waals surface area contributed by atoms with Crippen LogP contribution in [-0.2, 0) is 6.42 Å².